The van der Waals surface area contributed by atoms with Gasteiger partial charge in [0.15, 0.2) is 0 Å². The molecule has 0 unspecified atom stereocenters. The maximum atomic E-state index is 12.6. The third-order valence-corrected chi connectivity index (χ3v) is 5.42. The second kappa shape index (κ2) is 8.43. The number of methoxy groups -OCH3 is 1. The van der Waals surface area contributed by atoms with Gasteiger partial charge in [0.05, 0.1) is 24.6 Å². The number of rotatable bonds is 6. The van der Waals surface area contributed by atoms with Crippen LogP contribution in [-0.4, -0.2) is 40.2 Å². The predicted octanol–water partition coefficient (Wildman–Crippen LogP) is 2.80. The molecule has 0 saturated heterocycles. The van der Waals surface area contributed by atoms with E-state index in [9.17, 15) is 18.0 Å². The number of sulfonamides is 1. The summed E-state index contributed by atoms with van der Waals surface area (Å²) in [5, 5.41) is 2.69. The van der Waals surface area contributed by atoms with E-state index in [0.717, 1.165) is 27.3 Å². The molecule has 0 bridgehead atoms. The van der Waals surface area contributed by atoms with Crippen LogP contribution in [0, 0.1) is 20.8 Å². The number of carbonyl (C=O) groups excluding carboxylic acids is 2. The molecule has 28 heavy (non-hydrogen) atoms. The lowest BCUT2D eigenvalue weighted by Crippen LogP contribution is -2.38. The molecular formula is C20H24N2O5S. The zero-order valence-corrected chi connectivity index (χ0v) is 17.4. The van der Waals surface area contributed by atoms with E-state index in [1.165, 1.54) is 13.2 Å². The first-order valence-electron chi connectivity index (χ1n) is 8.57. The Hall–Kier alpha value is -2.87. The summed E-state index contributed by atoms with van der Waals surface area (Å²) in [6.45, 7) is 4.98. The molecule has 0 aliphatic rings. The van der Waals surface area contributed by atoms with E-state index in [1.807, 2.05) is 6.07 Å². The van der Waals surface area contributed by atoms with Crippen LogP contribution in [0.15, 0.2) is 36.4 Å². The Bertz CT molecular complexity index is 995. The molecule has 1 N–H and O–H groups in total. The van der Waals surface area contributed by atoms with E-state index in [2.05, 4.69) is 5.32 Å². The third-order valence-electron chi connectivity index (χ3n) is 4.31. The van der Waals surface area contributed by atoms with Crippen molar-refractivity contribution in [1.82, 2.24) is 0 Å². The largest absolute Gasteiger partial charge is 0.465 e. The maximum absolute atomic E-state index is 12.6. The van der Waals surface area contributed by atoms with Crippen LogP contribution in [0.1, 0.15) is 27.0 Å². The van der Waals surface area contributed by atoms with Gasteiger partial charge >= 0.3 is 5.97 Å². The van der Waals surface area contributed by atoms with Crippen molar-refractivity contribution >= 4 is 33.3 Å². The molecule has 0 atom stereocenters. The summed E-state index contributed by atoms with van der Waals surface area (Å²) in [5.41, 5.74) is 3.43. The zero-order valence-electron chi connectivity index (χ0n) is 16.6. The molecular weight excluding hydrogens is 380 g/mol. The molecule has 0 radical (unpaired) electrons. The molecule has 0 fully saturated rings. The Balaban J connectivity index is 2.33. The van der Waals surface area contributed by atoms with Crippen molar-refractivity contribution in [3.05, 3.63) is 58.7 Å². The number of anilines is 2. The first-order valence-corrected chi connectivity index (χ1v) is 10.4. The second-order valence-electron chi connectivity index (χ2n) is 6.58. The van der Waals surface area contributed by atoms with E-state index in [1.54, 1.807) is 45.0 Å². The van der Waals surface area contributed by atoms with Crippen molar-refractivity contribution in [2.45, 2.75) is 20.8 Å². The number of ether oxygens (including phenoxy) is 1. The lowest BCUT2D eigenvalue weighted by Gasteiger charge is -2.25. The van der Waals surface area contributed by atoms with Gasteiger partial charge in [-0.15, -0.1) is 0 Å². The van der Waals surface area contributed by atoms with Gasteiger partial charge in [-0.2, -0.15) is 0 Å². The second-order valence-corrected chi connectivity index (χ2v) is 8.49. The van der Waals surface area contributed by atoms with Crippen molar-refractivity contribution in [3.8, 4) is 0 Å². The summed E-state index contributed by atoms with van der Waals surface area (Å²) in [4.78, 5) is 24.3. The Morgan fingerprint density at radius 1 is 1.04 bits per heavy atom. The molecule has 0 heterocycles. The molecule has 0 spiro atoms. The summed E-state index contributed by atoms with van der Waals surface area (Å²) in [7, 11) is -2.41. The number of aryl methyl sites for hydroxylation is 3. The van der Waals surface area contributed by atoms with Crippen LogP contribution in [0.2, 0.25) is 0 Å². The first kappa shape index (κ1) is 21.4. The Morgan fingerprint density at radius 3 is 2.18 bits per heavy atom. The fourth-order valence-corrected chi connectivity index (χ4v) is 3.85. The van der Waals surface area contributed by atoms with E-state index in [-0.39, 0.29) is 12.1 Å². The van der Waals surface area contributed by atoms with Crippen molar-refractivity contribution < 1.29 is 22.7 Å². The zero-order chi connectivity index (χ0) is 21.1. The quantitative estimate of drug-likeness (QED) is 0.748. The van der Waals surface area contributed by atoms with E-state index >= 15 is 0 Å². The lowest BCUT2D eigenvalue weighted by atomic mass is 10.1. The number of carbonyl (C=O) groups is 2. The summed E-state index contributed by atoms with van der Waals surface area (Å²) in [5.74, 6) is -1.04. The van der Waals surface area contributed by atoms with Crippen molar-refractivity contribution in [2.24, 2.45) is 0 Å². The van der Waals surface area contributed by atoms with Gasteiger partial charge in [-0.05, 0) is 49.6 Å². The summed E-state index contributed by atoms with van der Waals surface area (Å²) >= 11 is 0. The van der Waals surface area contributed by atoms with Crippen LogP contribution in [0.25, 0.3) is 0 Å². The van der Waals surface area contributed by atoms with Gasteiger partial charge in [0.1, 0.15) is 6.54 Å². The number of esters is 1. The van der Waals surface area contributed by atoms with Crippen LogP contribution < -0.4 is 9.62 Å². The molecule has 2 aromatic carbocycles. The number of amides is 1. The van der Waals surface area contributed by atoms with Gasteiger partial charge in [0, 0.05) is 5.69 Å². The number of nitrogens with one attached hydrogen (secondary N) is 1. The minimum Gasteiger partial charge on any atom is -0.465 e. The average molecular weight is 404 g/mol. The van der Waals surface area contributed by atoms with Gasteiger partial charge in [-0.3, -0.25) is 9.10 Å². The SMILES string of the molecule is COC(=O)c1ccc(C)c(NC(=O)CN(c2c(C)cccc2C)S(C)(=O)=O)c1. The van der Waals surface area contributed by atoms with Gasteiger partial charge in [-0.1, -0.05) is 24.3 Å². The molecule has 8 heteroatoms. The minimum absolute atomic E-state index is 0.290. The smallest absolute Gasteiger partial charge is 0.337 e. The van der Waals surface area contributed by atoms with E-state index in [0.29, 0.717) is 11.4 Å². The fraction of sp³-hybridized carbons (Fsp3) is 0.300. The van der Waals surface area contributed by atoms with Crippen molar-refractivity contribution in [2.75, 3.05) is 29.5 Å². The highest BCUT2D eigenvalue weighted by Gasteiger charge is 2.24. The number of hydrogen-bond acceptors (Lipinski definition) is 5. The topological polar surface area (TPSA) is 92.8 Å². The highest BCUT2D eigenvalue weighted by Crippen LogP contribution is 2.27. The highest BCUT2D eigenvalue weighted by atomic mass is 32.2. The fourth-order valence-electron chi connectivity index (χ4n) is 2.88. The van der Waals surface area contributed by atoms with Crippen LogP contribution in [0.5, 0.6) is 0 Å². The van der Waals surface area contributed by atoms with E-state index < -0.39 is 21.9 Å². The lowest BCUT2D eigenvalue weighted by molar-refractivity contribution is -0.114. The molecule has 0 aliphatic heterocycles. The maximum Gasteiger partial charge on any atom is 0.337 e. The van der Waals surface area contributed by atoms with Crippen molar-refractivity contribution in [3.63, 3.8) is 0 Å². The van der Waals surface area contributed by atoms with Crippen molar-refractivity contribution in [1.29, 1.82) is 0 Å². The molecule has 2 aromatic rings. The molecule has 0 aliphatic carbocycles. The summed E-state index contributed by atoms with van der Waals surface area (Å²) < 4.78 is 30.5. The Kier molecular flexibility index (Phi) is 6.45. The molecule has 7 nitrogen and oxygen atoms in total. The van der Waals surface area contributed by atoms with Gasteiger partial charge in [0.25, 0.3) is 0 Å². The number of nitrogens with zero attached hydrogens (tertiary/aromatic N) is 1. The monoisotopic (exact) mass is 404 g/mol. The van der Waals surface area contributed by atoms with E-state index in [4.69, 9.17) is 4.74 Å². The molecule has 2 rings (SSSR count). The van der Waals surface area contributed by atoms with Crippen LogP contribution in [-0.2, 0) is 19.6 Å². The highest BCUT2D eigenvalue weighted by molar-refractivity contribution is 7.92. The molecule has 150 valence electrons. The standard InChI is InChI=1S/C20H24N2O5S/c1-13-9-10-16(20(24)27-4)11-17(13)21-18(23)12-22(28(5,25)26)19-14(2)7-6-8-15(19)3/h6-11H,12H2,1-5H3,(H,21,23). The Morgan fingerprint density at radius 2 is 1.64 bits per heavy atom. The average Bonchev–Trinajstić information content (AvgIpc) is 2.61. The van der Waals surface area contributed by atoms with Crippen LogP contribution in [0.3, 0.4) is 0 Å². The first-order chi connectivity index (χ1) is 13.0. The summed E-state index contributed by atoms with van der Waals surface area (Å²) in [6, 6.07) is 10.2. The Labute approximate surface area is 165 Å². The summed E-state index contributed by atoms with van der Waals surface area (Å²) in [6.07, 6.45) is 1.06. The number of benzene rings is 2. The third kappa shape index (κ3) is 4.89. The van der Waals surface area contributed by atoms with Gasteiger partial charge in [0.2, 0.25) is 15.9 Å². The van der Waals surface area contributed by atoms with Crippen LogP contribution in [0.4, 0.5) is 11.4 Å². The number of para-hydroxylation sites is 1. The minimum atomic E-state index is -3.69. The molecule has 1 amide bonds. The molecule has 0 saturated carbocycles. The van der Waals surface area contributed by atoms with Gasteiger partial charge in [-0.25, -0.2) is 13.2 Å². The normalized spacial score (nSPS) is 11.0. The number of hydrogen-bond donors (Lipinski definition) is 1. The van der Waals surface area contributed by atoms with Crippen LogP contribution >= 0.6 is 0 Å². The predicted molar refractivity (Wildman–Crippen MR) is 109 cm³/mol. The van der Waals surface area contributed by atoms with Gasteiger partial charge < -0.3 is 10.1 Å². The molecule has 0 aromatic heterocycles.